The van der Waals surface area contributed by atoms with Crippen molar-refractivity contribution < 1.29 is 25.2 Å². The summed E-state index contributed by atoms with van der Waals surface area (Å²) in [6, 6.07) is 9.33. The molecule has 2 fully saturated rings. The van der Waals surface area contributed by atoms with Gasteiger partial charge >= 0.3 is 0 Å². The Bertz CT molecular complexity index is 2060. The maximum Gasteiger partial charge on any atom is 0.188 e. The molecule has 3 aromatic rings. The smallest absolute Gasteiger partial charge is 0.188 e. The first-order chi connectivity index (χ1) is 25.5. The van der Waals surface area contributed by atoms with Crippen molar-refractivity contribution in [3.63, 3.8) is 0 Å². The molecule has 53 heavy (non-hydrogen) atoms. The van der Waals surface area contributed by atoms with E-state index in [1.165, 1.54) is 11.3 Å². The number of phenolic OH excluding ortho intramolecular Hbond substituents is 1. The number of nitrogens with two attached hydrogens (primary N) is 1. The number of anilines is 1. The molecule has 3 heterocycles. The number of rotatable bonds is 7. The minimum absolute atomic E-state index is 0.0376. The van der Waals surface area contributed by atoms with E-state index in [-0.39, 0.29) is 53.9 Å². The average molecular weight is 753 g/mol. The molecule has 7 rings (SSSR count). The van der Waals surface area contributed by atoms with Crippen LogP contribution >= 0.6 is 22.7 Å². The van der Waals surface area contributed by atoms with Gasteiger partial charge in [0, 0.05) is 40.7 Å². The third-order valence-electron chi connectivity index (χ3n) is 12.0. The third-order valence-corrected chi connectivity index (χ3v) is 14.3. The van der Waals surface area contributed by atoms with Crippen LogP contribution in [0.25, 0.3) is 15.8 Å². The van der Waals surface area contributed by atoms with Crippen LogP contribution in [0.1, 0.15) is 83.6 Å². The topological polar surface area (TPSA) is 160 Å². The zero-order valence-corrected chi connectivity index (χ0v) is 32.0. The number of aliphatic imine (C=N–C) groups is 1. The van der Waals surface area contributed by atoms with E-state index in [1.54, 1.807) is 31.4 Å². The largest absolute Gasteiger partial charge is 0.507 e. The molecule has 2 saturated carbocycles. The monoisotopic (exact) mass is 752 g/mol. The Labute approximate surface area is 319 Å². The molecular weight excluding hydrogens is 705 g/mol. The second-order valence-electron chi connectivity index (χ2n) is 15.2. The number of hydrogen-bond donors (Lipinski definition) is 7. The molecule has 4 aliphatic rings. The highest BCUT2D eigenvalue weighted by molar-refractivity contribution is 7.23. The minimum atomic E-state index is -0.928. The molecule has 9 atom stereocenters. The highest BCUT2D eigenvalue weighted by atomic mass is 32.1. The van der Waals surface area contributed by atoms with Crippen molar-refractivity contribution in [3.8, 4) is 39.2 Å². The number of hydrogen-bond acceptors (Lipinski definition) is 9. The van der Waals surface area contributed by atoms with Gasteiger partial charge in [0.25, 0.3) is 0 Å². The summed E-state index contributed by atoms with van der Waals surface area (Å²) in [5, 5.41) is 50.2. The van der Waals surface area contributed by atoms with Crippen molar-refractivity contribution in [2.75, 3.05) is 19.0 Å². The Morgan fingerprint density at radius 1 is 1.15 bits per heavy atom. The molecule has 0 radical (unpaired) electrons. The molecule has 1 spiro atoms. The van der Waals surface area contributed by atoms with E-state index in [2.05, 4.69) is 45.4 Å². The maximum absolute atomic E-state index is 14.7. The fraction of sp³-hybridized carbons (Fsp3) is 0.476. The number of nitrogens with one attached hydrogen (secondary N) is 2. The van der Waals surface area contributed by atoms with Gasteiger partial charge in [-0.1, -0.05) is 29.9 Å². The van der Waals surface area contributed by atoms with Crippen LogP contribution in [0, 0.1) is 52.8 Å². The van der Waals surface area contributed by atoms with E-state index in [0.717, 1.165) is 43.5 Å². The zero-order chi connectivity index (χ0) is 37.4. The van der Waals surface area contributed by atoms with Crippen molar-refractivity contribution in [1.29, 1.82) is 0 Å². The SMILES string of the molecule is CC#Cc1ccc(-c2ccc(C(=O)[C@@H]3CC[C@@H]4C[C@@]35C[C@H](CC#Cc3c(cc(O)c6c3N[C@H]([C@H](C)O)C=C6)C[C@@H]4NC(N)=NC)[C@@H]([C@H](O)CO)C5)s2)s1. The molecule has 0 unspecified atom stereocenters. The van der Waals surface area contributed by atoms with Crippen molar-refractivity contribution in [3.05, 3.63) is 62.9 Å². The maximum atomic E-state index is 14.7. The standard InChI is InChI=1S/C42H48N4O5S2/c1-4-6-27-10-14-36(52-27)37-15-16-38(53-37)40(51)31-12-9-25-20-42(31)19-24(30(21-42)35(50)22-47)7-5-8-28-26(17-33(25)46-41(43)44-3)18-34(49)29-11-13-32(23(2)48)45-39(28)29/h10-11,13-16,18,23-25,30-33,35,45,47-50H,7,9,12,17,19-22H2,1-3H3,(H3,43,44,46)/t23-,24-,25+,30-,31-,32-,33-,35+,42+/m0/s1. The van der Waals surface area contributed by atoms with E-state index >= 15 is 0 Å². The van der Waals surface area contributed by atoms with Gasteiger partial charge in [0.05, 0.1) is 45.9 Å². The Hall–Kier alpha value is -4.10. The van der Waals surface area contributed by atoms with Gasteiger partial charge in [-0.05, 0) is 111 Å². The third kappa shape index (κ3) is 7.26. The van der Waals surface area contributed by atoms with Gasteiger partial charge in [-0.2, -0.15) is 0 Å². The second-order valence-corrected chi connectivity index (χ2v) is 17.3. The van der Waals surface area contributed by atoms with Gasteiger partial charge in [0.15, 0.2) is 11.7 Å². The van der Waals surface area contributed by atoms with Gasteiger partial charge < -0.3 is 36.8 Å². The zero-order valence-electron chi connectivity index (χ0n) is 30.4. The minimum Gasteiger partial charge on any atom is -0.507 e. The van der Waals surface area contributed by atoms with Crippen LogP contribution in [-0.4, -0.2) is 70.1 Å². The lowest BCUT2D eigenvalue weighted by molar-refractivity contribution is 0.0156. The molecule has 9 nitrogen and oxygen atoms in total. The number of aromatic hydroxyl groups is 1. The van der Waals surface area contributed by atoms with E-state index in [9.17, 15) is 25.2 Å². The first kappa shape index (κ1) is 37.2. The number of carbonyl (C=O) groups is 1. The molecule has 11 heteroatoms. The Morgan fingerprint density at radius 3 is 2.68 bits per heavy atom. The lowest BCUT2D eigenvalue weighted by atomic mass is 9.58. The van der Waals surface area contributed by atoms with Crippen LogP contribution in [0.3, 0.4) is 0 Å². The van der Waals surface area contributed by atoms with Crippen molar-refractivity contribution in [1.82, 2.24) is 5.32 Å². The van der Waals surface area contributed by atoms with E-state index in [4.69, 9.17) is 5.73 Å². The molecule has 278 valence electrons. The predicted molar refractivity (Wildman–Crippen MR) is 213 cm³/mol. The number of ketones is 1. The summed E-state index contributed by atoms with van der Waals surface area (Å²) < 4.78 is 0. The number of benzene rings is 1. The number of carbonyl (C=O) groups excluding carboxylic acids is 1. The molecule has 1 aliphatic heterocycles. The Kier molecular flexibility index (Phi) is 10.8. The van der Waals surface area contributed by atoms with Crippen molar-refractivity contribution in [2.45, 2.75) is 83.1 Å². The number of Topliss-reactive ketones (excluding diaryl/α,β-unsaturated/α-hetero) is 1. The summed E-state index contributed by atoms with van der Waals surface area (Å²) in [4.78, 5) is 22.8. The quantitative estimate of drug-likeness (QED) is 0.0711. The van der Waals surface area contributed by atoms with Gasteiger partial charge in [-0.3, -0.25) is 9.79 Å². The normalized spacial score (nSPS) is 28.7. The van der Waals surface area contributed by atoms with Crippen molar-refractivity contribution in [2.24, 2.45) is 39.8 Å². The fourth-order valence-corrected chi connectivity index (χ4v) is 11.5. The van der Waals surface area contributed by atoms with Crippen LogP contribution in [-0.2, 0) is 6.42 Å². The molecule has 1 aromatic carbocycles. The molecule has 3 bridgehead atoms. The molecule has 0 saturated heterocycles. The first-order valence-electron chi connectivity index (χ1n) is 18.5. The van der Waals surface area contributed by atoms with Crippen LogP contribution in [0.2, 0.25) is 0 Å². The number of fused-ring (bicyclic) bond motifs is 5. The Balaban J connectivity index is 1.29. The Morgan fingerprint density at radius 2 is 1.92 bits per heavy atom. The lowest BCUT2D eigenvalue weighted by Crippen LogP contribution is -2.50. The summed E-state index contributed by atoms with van der Waals surface area (Å²) in [5.41, 5.74) is 8.86. The van der Waals surface area contributed by atoms with Crippen LogP contribution in [0.5, 0.6) is 5.75 Å². The predicted octanol–water partition coefficient (Wildman–Crippen LogP) is 5.61. The van der Waals surface area contributed by atoms with Crippen LogP contribution < -0.4 is 16.4 Å². The number of thiophene rings is 2. The molecule has 2 aromatic heterocycles. The molecular formula is C42H48N4O5S2. The summed E-state index contributed by atoms with van der Waals surface area (Å²) in [5.74, 6) is 13.1. The molecule has 3 aliphatic carbocycles. The summed E-state index contributed by atoms with van der Waals surface area (Å²) in [6.45, 7) is 3.19. The van der Waals surface area contributed by atoms with Gasteiger partial charge in [0.2, 0.25) is 0 Å². The molecule has 0 amide bonds. The number of aliphatic hydroxyl groups is 3. The second kappa shape index (κ2) is 15.3. The average Bonchev–Trinajstić information content (AvgIpc) is 3.91. The summed E-state index contributed by atoms with van der Waals surface area (Å²) >= 11 is 3.16. The van der Waals surface area contributed by atoms with E-state index < -0.39 is 17.6 Å². The highest BCUT2D eigenvalue weighted by Gasteiger charge is 2.56. The van der Waals surface area contributed by atoms with Crippen LogP contribution in [0.4, 0.5) is 5.69 Å². The van der Waals surface area contributed by atoms with Gasteiger partial charge in [0.1, 0.15) is 5.75 Å². The number of phenols is 1. The number of aliphatic hydroxyl groups excluding tert-OH is 3. The van der Waals surface area contributed by atoms with Gasteiger partial charge in [-0.25, -0.2) is 0 Å². The highest BCUT2D eigenvalue weighted by Crippen LogP contribution is 2.61. The van der Waals surface area contributed by atoms with E-state index in [1.807, 2.05) is 37.3 Å². The number of guanidine groups is 1. The van der Waals surface area contributed by atoms with Crippen LogP contribution in [0.15, 0.2) is 41.4 Å². The van der Waals surface area contributed by atoms with Gasteiger partial charge in [-0.15, -0.1) is 28.6 Å². The fourth-order valence-electron chi connectivity index (χ4n) is 9.45. The first-order valence-corrected chi connectivity index (χ1v) is 20.1. The molecule has 8 N–H and O–H groups in total. The van der Waals surface area contributed by atoms with Crippen molar-refractivity contribution >= 4 is 46.2 Å². The number of nitrogens with zero attached hydrogens (tertiary/aromatic N) is 1. The van der Waals surface area contributed by atoms with E-state index in [0.29, 0.717) is 49.3 Å². The lowest BCUT2D eigenvalue weighted by Gasteiger charge is -2.47. The summed E-state index contributed by atoms with van der Waals surface area (Å²) in [7, 11) is 1.65. The summed E-state index contributed by atoms with van der Waals surface area (Å²) in [6.07, 6.45) is 6.59.